The minimum absolute atomic E-state index is 0.161. The van der Waals surface area contributed by atoms with E-state index in [0.29, 0.717) is 0 Å². The zero-order valence-corrected chi connectivity index (χ0v) is 16.0. The lowest BCUT2D eigenvalue weighted by atomic mass is 9.83. The summed E-state index contributed by atoms with van der Waals surface area (Å²) in [4.78, 5) is 0. The SMILES string of the molecule is CCCCCCCCC(CC)C(OC)(OC)C(O)c1ccccc1. The standard InChI is InChI=1S/C21H36O3/c1-5-7-8-9-10-14-17-19(6-2)21(23-3,24-4)20(22)18-15-12-11-13-16-18/h11-13,15-16,19-20,22H,5-10,14,17H2,1-4H3. The molecule has 0 heterocycles. The molecule has 0 amide bonds. The van der Waals surface area contributed by atoms with Crippen molar-refractivity contribution in [3.63, 3.8) is 0 Å². The van der Waals surface area contributed by atoms with Crippen LogP contribution in [0.3, 0.4) is 0 Å². The predicted octanol–water partition coefficient (Wildman–Crippen LogP) is 5.49. The normalized spacial score (nSPS) is 14.5. The second-order valence-electron chi connectivity index (χ2n) is 6.60. The van der Waals surface area contributed by atoms with Crippen LogP contribution in [0, 0.1) is 5.92 Å². The molecule has 1 aromatic carbocycles. The van der Waals surface area contributed by atoms with Gasteiger partial charge in [-0.05, 0) is 18.4 Å². The molecule has 0 spiro atoms. The van der Waals surface area contributed by atoms with Gasteiger partial charge in [0.2, 0.25) is 5.79 Å². The van der Waals surface area contributed by atoms with Crippen LogP contribution in [0.4, 0.5) is 0 Å². The van der Waals surface area contributed by atoms with E-state index < -0.39 is 11.9 Å². The monoisotopic (exact) mass is 336 g/mol. The number of hydrogen-bond acceptors (Lipinski definition) is 3. The van der Waals surface area contributed by atoms with E-state index in [0.717, 1.165) is 24.8 Å². The molecule has 1 N–H and O–H groups in total. The van der Waals surface area contributed by atoms with E-state index in [4.69, 9.17) is 9.47 Å². The van der Waals surface area contributed by atoms with Crippen molar-refractivity contribution in [3.05, 3.63) is 35.9 Å². The Morgan fingerprint density at radius 2 is 1.50 bits per heavy atom. The summed E-state index contributed by atoms with van der Waals surface area (Å²) in [5.74, 6) is -0.826. The highest BCUT2D eigenvalue weighted by Gasteiger charge is 2.45. The van der Waals surface area contributed by atoms with Crippen molar-refractivity contribution >= 4 is 0 Å². The minimum Gasteiger partial charge on any atom is -0.383 e. The topological polar surface area (TPSA) is 38.7 Å². The van der Waals surface area contributed by atoms with E-state index in [1.54, 1.807) is 14.2 Å². The van der Waals surface area contributed by atoms with Crippen molar-refractivity contribution in [2.24, 2.45) is 5.92 Å². The third-order valence-corrected chi connectivity index (χ3v) is 5.10. The molecule has 1 aromatic rings. The lowest BCUT2D eigenvalue weighted by molar-refractivity contribution is -0.292. The maximum atomic E-state index is 11.0. The van der Waals surface area contributed by atoms with Gasteiger partial charge in [0.05, 0.1) is 0 Å². The molecule has 0 saturated heterocycles. The molecule has 0 bridgehead atoms. The van der Waals surface area contributed by atoms with Gasteiger partial charge >= 0.3 is 0 Å². The zero-order valence-electron chi connectivity index (χ0n) is 16.0. The van der Waals surface area contributed by atoms with Crippen LogP contribution in [0.1, 0.15) is 76.9 Å². The summed E-state index contributed by atoms with van der Waals surface area (Å²) in [5, 5.41) is 11.0. The second-order valence-corrected chi connectivity index (χ2v) is 6.60. The van der Waals surface area contributed by atoms with E-state index in [9.17, 15) is 5.11 Å². The molecule has 0 fully saturated rings. The molecule has 0 aliphatic rings. The highest BCUT2D eigenvalue weighted by atomic mass is 16.7. The van der Waals surface area contributed by atoms with Gasteiger partial charge in [0.1, 0.15) is 6.10 Å². The number of hydrogen-bond donors (Lipinski definition) is 1. The summed E-state index contributed by atoms with van der Waals surface area (Å²) < 4.78 is 11.6. The average molecular weight is 337 g/mol. The molecule has 0 aromatic heterocycles. The highest BCUT2D eigenvalue weighted by Crippen LogP contribution is 2.40. The number of aliphatic hydroxyl groups excluding tert-OH is 1. The summed E-state index contributed by atoms with van der Waals surface area (Å²) in [6.45, 7) is 4.38. The van der Waals surface area contributed by atoms with Gasteiger partial charge in [-0.25, -0.2) is 0 Å². The van der Waals surface area contributed by atoms with Crippen molar-refractivity contribution in [1.82, 2.24) is 0 Å². The maximum absolute atomic E-state index is 11.0. The van der Waals surface area contributed by atoms with Crippen LogP contribution in [-0.2, 0) is 9.47 Å². The first-order valence-corrected chi connectivity index (χ1v) is 9.49. The van der Waals surface area contributed by atoms with Crippen molar-refractivity contribution in [3.8, 4) is 0 Å². The van der Waals surface area contributed by atoms with Crippen LogP contribution in [-0.4, -0.2) is 25.1 Å². The van der Waals surface area contributed by atoms with Gasteiger partial charge < -0.3 is 14.6 Å². The fraction of sp³-hybridized carbons (Fsp3) is 0.714. The summed E-state index contributed by atoms with van der Waals surface area (Å²) in [6, 6.07) is 9.67. The van der Waals surface area contributed by atoms with E-state index in [-0.39, 0.29) is 5.92 Å². The Balaban J connectivity index is 2.74. The molecule has 0 radical (unpaired) electrons. The van der Waals surface area contributed by atoms with Crippen molar-refractivity contribution < 1.29 is 14.6 Å². The fourth-order valence-corrected chi connectivity index (χ4v) is 3.59. The Morgan fingerprint density at radius 3 is 2.04 bits per heavy atom. The van der Waals surface area contributed by atoms with Crippen LogP contribution < -0.4 is 0 Å². The number of benzene rings is 1. The van der Waals surface area contributed by atoms with Gasteiger partial charge in [-0.15, -0.1) is 0 Å². The van der Waals surface area contributed by atoms with Crippen molar-refractivity contribution in [2.45, 2.75) is 77.1 Å². The third-order valence-electron chi connectivity index (χ3n) is 5.10. The number of methoxy groups -OCH3 is 2. The van der Waals surface area contributed by atoms with Gasteiger partial charge in [-0.3, -0.25) is 0 Å². The second kappa shape index (κ2) is 11.6. The van der Waals surface area contributed by atoms with E-state index in [1.807, 2.05) is 30.3 Å². The Labute approximate surface area is 148 Å². The van der Waals surface area contributed by atoms with Crippen molar-refractivity contribution in [2.75, 3.05) is 14.2 Å². The molecule has 1 rings (SSSR count). The van der Waals surface area contributed by atoms with Gasteiger partial charge in [0, 0.05) is 20.1 Å². The summed E-state index contributed by atoms with van der Waals surface area (Å²) in [5.41, 5.74) is 0.836. The molecule has 0 aliphatic carbocycles. The van der Waals surface area contributed by atoms with E-state index in [2.05, 4.69) is 13.8 Å². The minimum atomic E-state index is -0.987. The Morgan fingerprint density at radius 1 is 0.917 bits per heavy atom. The molecule has 138 valence electrons. The first-order chi connectivity index (χ1) is 11.7. The first kappa shape index (κ1) is 21.1. The van der Waals surface area contributed by atoms with Gasteiger partial charge in [0.15, 0.2) is 0 Å². The van der Waals surface area contributed by atoms with Crippen LogP contribution in [0.15, 0.2) is 30.3 Å². The number of aliphatic hydroxyl groups is 1. The number of rotatable bonds is 13. The molecular weight excluding hydrogens is 300 g/mol. The molecule has 2 atom stereocenters. The maximum Gasteiger partial charge on any atom is 0.201 e. The van der Waals surface area contributed by atoms with Gasteiger partial charge in [0.25, 0.3) is 0 Å². The van der Waals surface area contributed by atoms with E-state index >= 15 is 0 Å². The Bertz CT molecular complexity index is 414. The van der Waals surface area contributed by atoms with Crippen LogP contribution >= 0.6 is 0 Å². The predicted molar refractivity (Wildman–Crippen MR) is 99.9 cm³/mol. The lowest BCUT2D eigenvalue weighted by Gasteiger charge is -2.41. The zero-order chi connectivity index (χ0) is 17.8. The Hall–Kier alpha value is -0.900. The molecule has 3 nitrogen and oxygen atoms in total. The molecule has 24 heavy (non-hydrogen) atoms. The molecule has 2 unspecified atom stereocenters. The molecule has 0 aliphatic heterocycles. The summed E-state index contributed by atoms with van der Waals surface area (Å²) >= 11 is 0. The summed E-state index contributed by atoms with van der Waals surface area (Å²) in [6.07, 6.45) is 8.73. The average Bonchev–Trinajstić information content (AvgIpc) is 2.64. The van der Waals surface area contributed by atoms with Gasteiger partial charge in [-0.2, -0.15) is 0 Å². The third kappa shape index (κ3) is 5.58. The lowest BCUT2D eigenvalue weighted by Crippen LogP contribution is -2.47. The van der Waals surface area contributed by atoms with E-state index in [1.165, 1.54) is 32.1 Å². The summed E-state index contributed by atoms with van der Waals surface area (Å²) in [7, 11) is 3.28. The molecule has 0 saturated carbocycles. The molecular formula is C21H36O3. The Kier molecular flexibility index (Phi) is 10.2. The fourth-order valence-electron chi connectivity index (χ4n) is 3.59. The highest BCUT2D eigenvalue weighted by molar-refractivity contribution is 5.20. The van der Waals surface area contributed by atoms with Crippen LogP contribution in [0.25, 0.3) is 0 Å². The smallest absolute Gasteiger partial charge is 0.201 e. The molecule has 3 heteroatoms. The number of ether oxygens (including phenoxy) is 2. The van der Waals surface area contributed by atoms with Crippen LogP contribution in [0.2, 0.25) is 0 Å². The first-order valence-electron chi connectivity index (χ1n) is 9.49. The quantitative estimate of drug-likeness (QED) is 0.382. The number of unbranched alkanes of at least 4 members (excludes halogenated alkanes) is 5. The largest absolute Gasteiger partial charge is 0.383 e. The van der Waals surface area contributed by atoms with Crippen molar-refractivity contribution in [1.29, 1.82) is 0 Å². The van der Waals surface area contributed by atoms with Gasteiger partial charge in [-0.1, -0.05) is 82.7 Å². The van der Waals surface area contributed by atoms with Crippen LogP contribution in [0.5, 0.6) is 0 Å².